The molecule has 0 bridgehead atoms. The SMILES string of the molecule is CSC(C)(C)C#Cc1ccc(-c2ccc(C)c3c(N(C)S(C)=O)nn(CC(F)(F)F)c23)c(C(Cc2cc(F)cc(F)c2)NC(=O)Cn2nc(C(F)(F)F)c3c2C(C)(F)CC3)n1. The molecule has 326 valence electrons. The second-order valence-electron chi connectivity index (χ2n) is 15.4. The first-order chi connectivity index (χ1) is 28.3. The van der Waals surface area contributed by atoms with Crippen molar-refractivity contribution >= 4 is 45.4 Å². The van der Waals surface area contributed by atoms with E-state index in [9.17, 15) is 44.1 Å². The minimum Gasteiger partial charge on any atom is -0.346 e. The molecule has 3 heterocycles. The molecule has 1 N–H and O–H groups in total. The van der Waals surface area contributed by atoms with Gasteiger partial charge in [-0.05, 0) is 94.5 Å². The van der Waals surface area contributed by atoms with Crippen molar-refractivity contribution in [2.75, 3.05) is 23.9 Å². The van der Waals surface area contributed by atoms with E-state index < -0.39 is 88.2 Å². The Morgan fingerprint density at radius 1 is 1.03 bits per heavy atom. The molecule has 1 aliphatic rings. The second kappa shape index (κ2) is 16.7. The van der Waals surface area contributed by atoms with Gasteiger partial charge < -0.3 is 5.32 Å². The Balaban J connectivity index is 1.60. The third kappa shape index (κ3) is 9.88. The average molecular weight is 898 g/mol. The monoisotopic (exact) mass is 897 g/mol. The highest BCUT2D eigenvalue weighted by Gasteiger charge is 2.47. The Kier molecular flexibility index (Phi) is 12.4. The largest absolute Gasteiger partial charge is 0.435 e. The fraction of sp³-hybridized carbons (Fsp3) is 0.415. The number of pyridine rings is 1. The highest BCUT2D eigenvalue weighted by molar-refractivity contribution is 8.00. The van der Waals surface area contributed by atoms with E-state index >= 15 is 4.39 Å². The van der Waals surface area contributed by atoms with Crippen LogP contribution in [0.5, 0.6) is 0 Å². The number of amides is 1. The van der Waals surface area contributed by atoms with Gasteiger partial charge in [-0.1, -0.05) is 18.1 Å². The van der Waals surface area contributed by atoms with Crippen LogP contribution in [0.3, 0.4) is 0 Å². The van der Waals surface area contributed by atoms with Crippen LogP contribution in [0.25, 0.3) is 22.0 Å². The van der Waals surface area contributed by atoms with Crippen LogP contribution in [0.4, 0.5) is 45.3 Å². The quantitative estimate of drug-likeness (QED) is 0.105. The topological polar surface area (TPSA) is 97.9 Å². The number of thioether (sulfide) groups is 1. The molecule has 0 saturated heterocycles. The lowest BCUT2D eigenvalue weighted by Crippen LogP contribution is -2.35. The Labute approximate surface area is 352 Å². The number of alkyl halides is 7. The molecule has 3 unspecified atom stereocenters. The number of aromatic nitrogens is 5. The smallest absolute Gasteiger partial charge is 0.346 e. The van der Waals surface area contributed by atoms with Crippen LogP contribution < -0.4 is 9.62 Å². The number of nitrogens with one attached hydrogen (secondary N) is 1. The number of anilines is 1. The molecule has 0 fully saturated rings. The Morgan fingerprint density at radius 3 is 2.30 bits per heavy atom. The van der Waals surface area contributed by atoms with Gasteiger partial charge in [-0.25, -0.2) is 22.4 Å². The summed E-state index contributed by atoms with van der Waals surface area (Å²) in [5, 5.41) is 10.8. The number of carbonyl (C=O) groups excluding carboxylic acids is 1. The van der Waals surface area contributed by atoms with Gasteiger partial charge in [-0.3, -0.25) is 18.5 Å². The number of hydrogen-bond acceptors (Lipinski definition) is 6. The Morgan fingerprint density at radius 2 is 1.69 bits per heavy atom. The van der Waals surface area contributed by atoms with Crippen molar-refractivity contribution in [3.63, 3.8) is 0 Å². The van der Waals surface area contributed by atoms with Gasteiger partial charge in [0.15, 0.2) is 11.5 Å². The van der Waals surface area contributed by atoms with Crippen LogP contribution in [-0.2, 0) is 53.6 Å². The molecule has 1 aliphatic carbocycles. The predicted molar refractivity (Wildman–Crippen MR) is 216 cm³/mol. The van der Waals surface area contributed by atoms with Gasteiger partial charge in [0.25, 0.3) is 0 Å². The highest BCUT2D eigenvalue weighted by Crippen LogP contribution is 2.46. The fourth-order valence-corrected chi connectivity index (χ4v) is 7.82. The van der Waals surface area contributed by atoms with Crippen molar-refractivity contribution in [2.24, 2.45) is 0 Å². The van der Waals surface area contributed by atoms with E-state index in [0.29, 0.717) is 16.3 Å². The normalized spacial score (nSPS) is 16.6. The van der Waals surface area contributed by atoms with Gasteiger partial charge in [0.1, 0.15) is 47.1 Å². The number of nitrogens with zero attached hydrogens (tertiary/aromatic N) is 6. The summed E-state index contributed by atoms with van der Waals surface area (Å²) < 4.78 is 144. The van der Waals surface area contributed by atoms with Gasteiger partial charge >= 0.3 is 12.4 Å². The number of hydrogen-bond donors (Lipinski definition) is 1. The summed E-state index contributed by atoms with van der Waals surface area (Å²) in [6, 6.07) is 7.33. The summed E-state index contributed by atoms with van der Waals surface area (Å²) in [6.07, 6.45) is -7.54. The van der Waals surface area contributed by atoms with Crippen LogP contribution in [-0.4, -0.2) is 65.1 Å². The zero-order valence-electron chi connectivity index (χ0n) is 33.9. The lowest BCUT2D eigenvalue weighted by atomic mass is 9.92. The van der Waals surface area contributed by atoms with Crippen LogP contribution in [0.1, 0.15) is 72.7 Å². The molecule has 0 radical (unpaired) electrons. The first-order valence-electron chi connectivity index (χ1n) is 18.6. The van der Waals surface area contributed by atoms with Crippen molar-refractivity contribution in [3.8, 4) is 23.0 Å². The predicted octanol–water partition coefficient (Wildman–Crippen LogP) is 8.92. The maximum atomic E-state index is 15.7. The second-order valence-corrected chi connectivity index (χ2v) is 18.2. The highest BCUT2D eigenvalue weighted by atomic mass is 32.2. The average Bonchev–Trinajstić information content (AvgIpc) is 3.81. The summed E-state index contributed by atoms with van der Waals surface area (Å²) >= 11 is 1.44. The Bertz CT molecular complexity index is 2590. The fourth-order valence-electron chi connectivity index (χ4n) is 7.30. The first kappa shape index (κ1) is 45.5. The molecule has 1 amide bonds. The van der Waals surface area contributed by atoms with E-state index in [1.165, 1.54) is 47.6 Å². The van der Waals surface area contributed by atoms with Crippen molar-refractivity contribution in [2.45, 2.75) is 88.9 Å². The van der Waals surface area contributed by atoms with Crippen LogP contribution in [0.2, 0.25) is 0 Å². The third-order valence-electron chi connectivity index (χ3n) is 10.3. The molecule has 61 heavy (non-hydrogen) atoms. The minimum atomic E-state index is -4.96. The molecule has 6 rings (SSSR count). The van der Waals surface area contributed by atoms with Crippen molar-refractivity contribution < 1.29 is 48.5 Å². The number of aryl methyl sites for hydroxylation is 1. The summed E-state index contributed by atoms with van der Waals surface area (Å²) in [4.78, 5) is 18.9. The van der Waals surface area contributed by atoms with E-state index in [0.717, 1.165) is 23.7 Å². The van der Waals surface area contributed by atoms with Gasteiger partial charge in [0.05, 0.1) is 27.7 Å². The number of carbonyl (C=O) groups is 1. The number of rotatable bonds is 11. The standard InChI is InChI=1S/C41H40F9N7O2S2/c1-22-8-10-28(34-32(22)37(55(5)61(7)59)54-57(34)21-40(45,46)47)27-11-9-26(12-14-38(2,3)60-6)51-33(27)30(18-23-16-24(42)19-25(43)17-23)52-31(58)20-56-36-29(13-15-39(36,4)44)35(53-56)41(48,49)50/h8-11,16-17,19,30H,13,15,18,20-21H2,1-7H3,(H,52,58). The van der Waals surface area contributed by atoms with Gasteiger partial charge in [0, 0.05) is 41.4 Å². The van der Waals surface area contributed by atoms with Gasteiger partial charge in [0.2, 0.25) is 5.91 Å². The van der Waals surface area contributed by atoms with Gasteiger partial charge in [-0.2, -0.15) is 36.5 Å². The van der Waals surface area contributed by atoms with E-state index in [1.54, 1.807) is 13.0 Å². The summed E-state index contributed by atoms with van der Waals surface area (Å²) in [6.45, 7) is 3.94. The molecule has 20 heteroatoms. The Hall–Kier alpha value is -5.03. The zero-order valence-corrected chi connectivity index (χ0v) is 35.5. The van der Waals surface area contributed by atoms with E-state index in [4.69, 9.17) is 4.98 Å². The van der Waals surface area contributed by atoms with Gasteiger partial charge in [-0.15, -0.1) is 11.8 Å². The molecule has 3 atom stereocenters. The maximum absolute atomic E-state index is 15.7. The molecule has 9 nitrogen and oxygen atoms in total. The molecule has 0 saturated carbocycles. The number of halogens is 9. The first-order valence-corrected chi connectivity index (χ1v) is 21.4. The molecule has 3 aromatic heterocycles. The van der Waals surface area contributed by atoms with Crippen molar-refractivity contribution in [3.05, 3.63) is 93.6 Å². The van der Waals surface area contributed by atoms with E-state index in [2.05, 4.69) is 27.4 Å². The van der Waals surface area contributed by atoms with Crippen LogP contribution in [0.15, 0.2) is 42.5 Å². The number of fused-ring (bicyclic) bond motifs is 2. The lowest BCUT2D eigenvalue weighted by Gasteiger charge is -2.23. The molecule has 0 aliphatic heterocycles. The molecular formula is C41H40F9N7O2S2. The molecular weight excluding hydrogens is 858 g/mol. The zero-order chi connectivity index (χ0) is 45.0. The lowest BCUT2D eigenvalue weighted by molar-refractivity contribution is -0.142. The van der Waals surface area contributed by atoms with E-state index in [1.807, 2.05) is 20.1 Å². The van der Waals surface area contributed by atoms with Crippen molar-refractivity contribution in [1.82, 2.24) is 29.9 Å². The summed E-state index contributed by atoms with van der Waals surface area (Å²) in [5.41, 5.74) is -3.66. The summed E-state index contributed by atoms with van der Waals surface area (Å²) in [5.74, 6) is 3.09. The van der Waals surface area contributed by atoms with Crippen LogP contribution in [0, 0.1) is 30.4 Å². The molecule has 2 aromatic carbocycles. The minimum absolute atomic E-state index is 0.00303. The summed E-state index contributed by atoms with van der Waals surface area (Å²) in [7, 11) is -0.323. The van der Waals surface area contributed by atoms with Crippen molar-refractivity contribution in [1.29, 1.82) is 0 Å². The van der Waals surface area contributed by atoms with E-state index in [-0.39, 0.29) is 63.2 Å². The number of benzene rings is 2. The van der Waals surface area contributed by atoms with Crippen LogP contribution >= 0.6 is 11.8 Å². The molecule has 0 spiro atoms. The molecule has 5 aromatic rings. The maximum Gasteiger partial charge on any atom is 0.435 e. The third-order valence-corrected chi connectivity index (χ3v) is 12.4.